The van der Waals surface area contributed by atoms with Gasteiger partial charge < -0.3 is 24.2 Å². The van der Waals surface area contributed by atoms with Gasteiger partial charge in [-0.15, -0.1) is 0 Å². The van der Waals surface area contributed by atoms with Crippen LogP contribution in [0.4, 0.5) is 4.79 Å². The summed E-state index contributed by atoms with van der Waals surface area (Å²) in [6, 6.07) is 7.27. The number of carbonyl (C=O) groups is 1. The summed E-state index contributed by atoms with van der Waals surface area (Å²) in [5.41, 5.74) is 0. The highest BCUT2D eigenvalue weighted by atomic mass is 16.6. The molecule has 0 radical (unpaired) electrons. The van der Waals surface area contributed by atoms with E-state index in [-0.39, 0.29) is 18.7 Å². The van der Waals surface area contributed by atoms with E-state index in [9.17, 15) is 4.79 Å². The lowest BCUT2D eigenvalue weighted by Crippen LogP contribution is -2.45. The first-order valence-electron chi connectivity index (χ1n) is 8.70. The highest BCUT2D eigenvalue weighted by Crippen LogP contribution is 2.30. The number of fused-ring (bicyclic) bond motifs is 1. The highest BCUT2D eigenvalue weighted by molar-refractivity contribution is 5.73. The van der Waals surface area contributed by atoms with E-state index in [1.807, 2.05) is 24.3 Å². The number of ether oxygens (including phenoxy) is 2. The summed E-state index contributed by atoms with van der Waals surface area (Å²) in [4.78, 5) is 18.1. The van der Waals surface area contributed by atoms with Crippen molar-refractivity contribution in [1.29, 1.82) is 0 Å². The minimum Gasteiger partial charge on any atom is -0.486 e. The van der Waals surface area contributed by atoms with E-state index in [0.717, 1.165) is 12.2 Å². The third-order valence-corrected chi connectivity index (χ3v) is 3.88. The van der Waals surface area contributed by atoms with Crippen LogP contribution >= 0.6 is 0 Å². The number of nitrogens with zero attached hydrogens (tertiary/aromatic N) is 3. The maximum atomic E-state index is 12.3. The molecule has 1 aliphatic heterocycles. The Bertz CT molecular complexity index is 746. The summed E-state index contributed by atoms with van der Waals surface area (Å²) in [5, 5.41) is 6.66. The third kappa shape index (κ3) is 4.65. The van der Waals surface area contributed by atoms with Gasteiger partial charge in [0, 0.05) is 13.5 Å². The van der Waals surface area contributed by atoms with Crippen molar-refractivity contribution in [3.05, 3.63) is 36.0 Å². The number of amides is 2. The second-order valence-electron chi connectivity index (χ2n) is 6.74. The van der Waals surface area contributed by atoms with Crippen LogP contribution in [0.25, 0.3) is 0 Å². The van der Waals surface area contributed by atoms with Gasteiger partial charge in [-0.05, 0) is 18.1 Å². The molecule has 1 aromatic carbocycles. The predicted molar refractivity (Wildman–Crippen MR) is 94.1 cm³/mol. The molecule has 3 rings (SSSR count). The maximum Gasteiger partial charge on any atom is 0.317 e. The van der Waals surface area contributed by atoms with Crippen molar-refractivity contribution < 1.29 is 18.8 Å². The van der Waals surface area contributed by atoms with Crippen molar-refractivity contribution in [2.75, 3.05) is 20.2 Å². The number of hydrogen-bond acceptors (Lipinski definition) is 6. The Morgan fingerprint density at radius 3 is 2.88 bits per heavy atom. The molecule has 0 bridgehead atoms. The molecule has 0 unspecified atom stereocenters. The Labute approximate surface area is 152 Å². The monoisotopic (exact) mass is 360 g/mol. The zero-order chi connectivity index (χ0) is 18.5. The summed E-state index contributed by atoms with van der Waals surface area (Å²) in [7, 11) is 1.71. The lowest BCUT2D eigenvalue weighted by atomic mass is 10.1. The Morgan fingerprint density at radius 1 is 1.35 bits per heavy atom. The van der Waals surface area contributed by atoms with Crippen LogP contribution in [0.5, 0.6) is 11.5 Å². The van der Waals surface area contributed by atoms with Gasteiger partial charge in [-0.2, -0.15) is 4.98 Å². The molecular formula is C18H24N4O4. The van der Waals surface area contributed by atoms with E-state index in [0.29, 0.717) is 36.5 Å². The first-order chi connectivity index (χ1) is 12.5. The van der Waals surface area contributed by atoms with E-state index in [2.05, 4.69) is 29.3 Å². The number of hydrogen-bond donors (Lipinski definition) is 1. The van der Waals surface area contributed by atoms with Gasteiger partial charge in [0.25, 0.3) is 0 Å². The zero-order valence-corrected chi connectivity index (χ0v) is 15.3. The van der Waals surface area contributed by atoms with Crippen LogP contribution in [-0.2, 0) is 13.0 Å². The molecule has 0 saturated heterocycles. The van der Waals surface area contributed by atoms with E-state index in [1.54, 1.807) is 11.9 Å². The van der Waals surface area contributed by atoms with Gasteiger partial charge in [-0.1, -0.05) is 31.1 Å². The minimum absolute atomic E-state index is 0.218. The van der Waals surface area contributed by atoms with E-state index >= 15 is 0 Å². The van der Waals surface area contributed by atoms with Crippen molar-refractivity contribution in [2.24, 2.45) is 5.92 Å². The lowest BCUT2D eigenvalue weighted by Gasteiger charge is -2.29. The van der Waals surface area contributed by atoms with Gasteiger partial charge >= 0.3 is 6.03 Å². The van der Waals surface area contributed by atoms with Gasteiger partial charge in [0.2, 0.25) is 5.89 Å². The second-order valence-corrected chi connectivity index (χ2v) is 6.74. The van der Waals surface area contributed by atoms with Crippen molar-refractivity contribution in [1.82, 2.24) is 20.4 Å². The number of carbonyl (C=O) groups excluding carboxylic acids is 1. The van der Waals surface area contributed by atoms with Gasteiger partial charge in [0.05, 0.1) is 13.1 Å². The van der Waals surface area contributed by atoms with Crippen LogP contribution in [0.2, 0.25) is 0 Å². The summed E-state index contributed by atoms with van der Waals surface area (Å²) in [6.45, 7) is 5.19. The van der Waals surface area contributed by atoms with Crippen LogP contribution in [0.15, 0.2) is 28.8 Å². The van der Waals surface area contributed by atoms with E-state index < -0.39 is 0 Å². The molecule has 2 aromatic rings. The molecule has 140 valence electrons. The maximum absolute atomic E-state index is 12.3. The molecule has 1 aromatic heterocycles. The molecule has 1 N–H and O–H groups in total. The normalized spacial score (nSPS) is 15.8. The van der Waals surface area contributed by atoms with Crippen molar-refractivity contribution >= 4 is 6.03 Å². The molecule has 1 atom stereocenters. The standard InChI is InChI=1S/C18H24N4O4/c1-12(2)8-17-20-16(21-26-17)9-19-18(23)22(3)10-13-11-24-14-6-4-5-7-15(14)25-13/h4-7,12-13H,8-11H2,1-3H3,(H,19,23)/t13-/m0/s1. The Kier molecular flexibility index (Phi) is 5.60. The van der Waals surface area contributed by atoms with E-state index in [4.69, 9.17) is 14.0 Å². The number of nitrogens with one attached hydrogen (secondary N) is 1. The SMILES string of the molecule is CC(C)Cc1nc(CNC(=O)N(C)C[C@H]2COc3ccccc3O2)no1. The fourth-order valence-corrected chi connectivity index (χ4v) is 2.63. The van der Waals surface area contributed by atoms with Gasteiger partial charge in [-0.25, -0.2) is 4.79 Å². The molecule has 2 amide bonds. The summed E-state index contributed by atoms with van der Waals surface area (Å²) >= 11 is 0. The Hall–Kier alpha value is -2.77. The summed E-state index contributed by atoms with van der Waals surface area (Å²) in [5.74, 6) is 2.91. The van der Waals surface area contributed by atoms with Crippen LogP contribution in [0, 0.1) is 5.92 Å². The number of para-hydroxylation sites is 2. The van der Waals surface area contributed by atoms with Crippen LogP contribution in [-0.4, -0.2) is 47.4 Å². The van der Waals surface area contributed by atoms with Crippen molar-refractivity contribution in [2.45, 2.75) is 32.9 Å². The molecule has 0 saturated carbocycles. The van der Waals surface area contributed by atoms with Crippen molar-refractivity contribution in [3.63, 3.8) is 0 Å². The zero-order valence-electron chi connectivity index (χ0n) is 15.3. The molecule has 8 nitrogen and oxygen atoms in total. The quantitative estimate of drug-likeness (QED) is 0.850. The lowest BCUT2D eigenvalue weighted by molar-refractivity contribution is 0.0715. The number of likely N-dealkylation sites (N-methyl/N-ethyl adjacent to an activating group) is 1. The number of rotatable bonds is 6. The van der Waals surface area contributed by atoms with Gasteiger partial charge in [0.15, 0.2) is 23.4 Å². The van der Waals surface area contributed by atoms with Gasteiger partial charge in [-0.3, -0.25) is 0 Å². The predicted octanol–water partition coefficient (Wildman–Crippen LogP) is 2.25. The smallest absolute Gasteiger partial charge is 0.317 e. The highest BCUT2D eigenvalue weighted by Gasteiger charge is 2.23. The average Bonchev–Trinajstić information content (AvgIpc) is 3.06. The second kappa shape index (κ2) is 8.07. The average molecular weight is 360 g/mol. The molecule has 1 aliphatic rings. The molecule has 0 fully saturated rings. The minimum atomic E-state index is -0.234. The molecule has 0 aliphatic carbocycles. The Morgan fingerprint density at radius 2 is 2.12 bits per heavy atom. The topological polar surface area (TPSA) is 89.7 Å². The first kappa shape index (κ1) is 18.0. The molecule has 26 heavy (non-hydrogen) atoms. The molecule has 8 heteroatoms. The molecular weight excluding hydrogens is 336 g/mol. The van der Waals surface area contributed by atoms with Gasteiger partial charge in [0.1, 0.15) is 6.61 Å². The fourth-order valence-electron chi connectivity index (χ4n) is 2.63. The molecule has 0 spiro atoms. The summed E-state index contributed by atoms with van der Waals surface area (Å²) in [6.07, 6.45) is 0.505. The number of benzene rings is 1. The fraction of sp³-hybridized carbons (Fsp3) is 0.500. The van der Waals surface area contributed by atoms with Crippen molar-refractivity contribution in [3.8, 4) is 11.5 Å². The van der Waals surface area contributed by atoms with Crippen LogP contribution in [0.3, 0.4) is 0 Å². The van der Waals surface area contributed by atoms with E-state index in [1.165, 1.54) is 0 Å². The number of urea groups is 1. The van der Waals surface area contributed by atoms with Crippen LogP contribution < -0.4 is 14.8 Å². The van der Waals surface area contributed by atoms with Crippen LogP contribution in [0.1, 0.15) is 25.6 Å². The third-order valence-electron chi connectivity index (χ3n) is 3.88. The largest absolute Gasteiger partial charge is 0.486 e. The molecule has 2 heterocycles. The summed E-state index contributed by atoms with van der Waals surface area (Å²) < 4.78 is 16.7. The Balaban J connectivity index is 1.45. The number of aromatic nitrogens is 2. The first-order valence-corrected chi connectivity index (χ1v) is 8.70.